The summed E-state index contributed by atoms with van der Waals surface area (Å²) in [5.74, 6) is 0.0267. The number of rotatable bonds is 5. The van der Waals surface area contributed by atoms with E-state index in [-0.39, 0.29) is 11.2 Å². The van der Waals surface area contributed by atoms with Gasteiger partial charge < -0.3 is 5.32 Å². The van der Waals surface area contributed by atoms with Crippen molar-refractivity contribution in [2.75, 3.05) is 6.54 Å². The van der Waals surface area contributed by atoms with E-state index in [1.54, 1.807) is 12.3 Å². The predicted molar refractivity (Wildman–Crippen MR) is 59.7 cm³/mol. The van der Waals surface area contributed by atoms with Crippen LogP contribution in [0.4, 0.5) is 0 Å². The lowest BCUT2D eigenvalue weighted by molar-refractivity contribution is -0.120. The maximum atomic E-state index is 11.4. The summed E-state index contributed by atoms with van der Waals surface area (Å²) in [6, 6.07) is 2.01. The summed E-state index contributed by atoms with van der Waals surface area (Å²) in [6.07, 6.45) is 0.941. The molecule has 0 fully saturated rings. The zero-order chi connectivity index (χ0) is 11.0. The average Bonchev–Trinajstić information content (AvgIpc) is 2.21. The monoisotopic (exact) mass is 212 g/mol. The summed E-state index contributed by atoms with van der Waals surface area (Å²) in [5.41, 5.74) is 0.630. The number of hydrogen-bond acceptors (Lipinski definition) is 3. The largest absolute Gasteiger partial charge is 0.355 e. The normalized spacial score (nSPS) is 13.1. The van der Waals surface area contributed by atoms with Crippen molar-refractivity contribution in [3.05, 3.63) is 11.0 Å². The maximum Gasteiger partial charge on any atom is 0.233 e. The Bertz CT molecular complexity index is 255. The van der Waals surface area contributed by atoms with Crippen molar-refractivity contribution in [1.29, 1.82) is 5.26 Å². The summed E-state index contributed by atoms with van der Waals surface area (Å²) < 4.78 is 0. The minimum atomic E-state index is -0.134. The van der Waals surface area contributed by atoms with Crippen LogP contribution in [-0.4, -0.2) is 17.7 Å². The first kappa shape index (κ1) is 13.1. The SMILES string of the molecule is CCCNC(=O)C(C)S/C=C(\C)C#N. The Morgan fingerprint density at radius 2 is 2.36 bits per heavy atom. The van der Waals surface area contributed by atoms with Gasteiger partial charge in [0, 0.05) is 12.1 Å². The van der Waals surface area contributed by atoms with Crippen LogP contribution in [0.15, 0.2) is 11.0 Å². The van der Waals surface area contributed by atoms with Gasteiger partial charge in [-0.2, -0.15) is 5.26 Å². The first-order chi connectivity index (χ1) is 6.61. The van der Waals surface area contributed by atoms with E-state index >= 15 is 0 Å². The van der Waals surface area contributed by atoms with E-state index in [1.165, 1.54) is 11.8 Å². The van der Waals surface area contributed by atoms with Crippen LogP contribution in [0.2, 0.25) is 0 Å². The molecule has 0 saturated carbocycles. The molecular formula is C10H16N2OS. The van der Waals surface area contributed by atoms with Gasteiger partial charge in [0.1, 0.15) is 0 Å². The second-order valence-corrected chi connectivity index (χ2v) is 4.20. The van der Waals surface area contributed by atoms with E-state index in [0.29, 0.717) is 12.1 Å². The van der Waals surface area contributed by atoms with E-state index in [2.05, 4.69) is 5.32 Å². The molecule has 14 heavy (non-hydrogen) atoms. The fraction of sp³-hybridized carbons (Fsp3) is 0.600. The van der Waals surface area contributed by atoms with Gasteiger partial charge >= 0.3 is 0 Å². The molecule has 0 aliphatic heterocycles. The van der Waals surface area contributed by atoms with Crippen molar-refractivity contribution in [2.24, 2.45) is 0 Å². The van der Waals surface area contributed by atoms with E-state index in [9.17, 15) is 4.79 Å². The van der Waals surface area contributed by atoms with Crippen LogP contribution in [-0.2, 0) is 4.79 Å². The molecule has 0 rings (SSSR count). The molecule has 0 aliphatic rings. The molecule has 0 spiro atoms. The lowest BCUT2D eigenvalue weighted by Gasteiger charge is -2.08. The van der Waals surface area contributed by atoms with Crippen LogP contribution in [0.25, 0.3) is 0 Å². The second kappa shape index (κ2) is 7.45. The van der Waals surface area contributed by atoms with Crippen LogP contribution in [0.3, 0.4) is 0 Å². The van der Waals surface area contributed by atoms with E-state index in [0.717, 1.165) is 6.42 Å². The Hall–Kier alpha value is -0.950. The number of thioether (sulfide) groups is 1. The Labute approximate surface area is 89.6 Å². The Morgan fingerprint density at radius 1 is 1.71 bits per heavy atom. The number of carbonyl (C=O) groups excluding carboxylic acids is 1. The Balaban J connectivity index is 3.91. The highest BCUT2D eigenvalue weighted by Crippen LogP contribution is 2.14. The van der Waals surface area contributed by atoms with Crippen molar-refractivity contribution in [3.63, 3.8) is 0 Å². The van der Waals surface area contributed by atoms with Crippen LogP contribution < -0.4 is 5.32 Å². The highest BCUT2D eigenvalue weighted by atomic mass is 32.2. The van der Waals surface area contributed by atoms with E-state index in [1.807, 2.05) is 19.9 Å². The molecule has 0 saturated heterocycles. The lowest BCUT2D eigenvalue weighted by atomic mass is 10.4. The van der Waals surface area contributed by atoms with Crippen LogP contribution in [0.5, 0.6) is 0 Å². The topological polar surface area (TPSA) is 52.9 Å². The van der Waals surface area contributed by atoms with E-state index < -0.39 is 0 Å². The molecule has 1 N–H and O–H groups in total. The summed E-state index contributed by atoms with van der Waals surface area (Å²) >= 11 is 1.37. The van der Waals surface area contributed by atoms with Crippen molar-refractivity contribution >= 4 is 17.7 Å². The fourth-order valence-electron chi connectivity index (χ4n) is 0.684. The van der Waals surface area contributed by atoms with Gasteiger partial charge in [0.25, 0.3) is 0 Å². The van der Waals surface area contributed by atoms with Gasteiger partial charge in [0.2, 0.25) is 5.91 Å². The molecule has 0 aliphatic carbocycles. The van der Waals surface area contributed by atoms with Crippen LogP contribution in [0.1, 0.15) is 27.2 Å². The van der Waals surface area contributed by atoms with Gasteiger partial charge in [-0.25, -0.2) is 0 Å². The zero-order valence-corrected chi connectivity index (χ0v) is 9.65. The average molecular weight is 212 g/mol. The Kier molecular flexibility index (Phi) is 6.95. The van der Waals surface area contributed by atoms with Crippen molar-refractivity contribution < 1.29 is 4.79 Å². The molecule has 0 bridgehead atoms. The number of hydrogen-bond donors (Lipinski definition) is 1. The molecule has 78 valence electrons. The molecule has 0 aromatic heterocycles. The lowest BCUT2D eigenvalue weighted by Crippen LogP contribution is -2.31. The van der Waals surface area contributed by atoms with Crippen molar-refractivity contribution in [1.82, 2.24) is 5.32 Å². The maximum absolute atomic E-state index is 11.4. The highest BCUT2D eigenvalue weighted by molar-refractivity contribution is 8.03. The van der Waals surface area contributed by atoms with Crippen molar-refractivity contribution in [3.8, 4) is 6.07 Å². The third kappa shape index (κ3) is 5.65. The quantitative estimate of drug-likeness (QED) is 0.710. The van der Waals surface area contributed by atoms with Gasteiger partial charge in [0.05, 0.1) is 11.3 Å². The van der Waals surface area contributed by atoms with Gasteiger partial charge in [0.15, 0.2) is 0 Å². The number of allylic oxidation sites excluding steroid dienone is 1. The first-order valence-electron chi connectivity index (χ1n) is 4.61. The third-order valence-corrected chi connectivity index (χ3v) is 2.66. The van der Waals surface area contributed by atoms with Gasteiger partial charge in [-0.15, -0.1) is 11.8 Å². The summed E-state index contributed by atoms with van der Waals surface area (Å²) in [7, 11) is 0. The molecule has 1 amide bonds. The molecule has 0 aromatic rings. The standard InChI is InChI=1S/C10H16N2OS/c1-4-5-12-10(13)9(3)14-7-8(2)6-11/h7,9H,4-5H2,1-3H3,(H,12,13)/b8-7+. The predicted octanol–water partition coefficient (Wildman–Crippen LogP) is 2.06. The number of nitrogens with one attached hydrogen (secondary N) is 1. The second-order valence-electron chi connectivity index (χ2n) is 2.98. The molecule has 3 nitrogen and oxygen atoms in total. The molecule has 1 atom stereocenters. The molecule has 0 radical (unpaired) electrons. The number of nitrogens with zero attached hydrogens (tertiary/aromatic N) is 1. The minimum absolute atomic E-state index is 0.0267. The Morgan fingerprint density at radius 3 is 2.86 bits per heavy atom. The van der Waals surface area contributed by atoms with E-state index in [4.69, 9.17) is 5.26 Å². The molecular weight excluding hydrogens is 196 g/mol. The number of amides is 1. The van der Waals surface area contributed by atoms with Gasteiger partial charge in [-0.05, 0) is 25.7 Å². The van der Waals surface area contributed by atoms with Crippen LogP contribution >= 0.6 is 11.8 Å². The first-order valence-corrected chi connectivity index (χ1v) is 5.56. The molecule has 0 heterocycles. The third-order valence-electron chi connectivity index (χ3n) is 1.54. The fourth-order valence-corrected chi connectivity index (χ4v) is 1.35. The zero-order valence-electron chi connectivity index (χ0n) is 8.83. The number of nitriles is 1. The summed E-state index contributed by atoms with van der Waals surface area (Å²) in [6.45, 7) is 6.28. The van der Waals surface area contributed by atoms with Gasteiger partial charge in [-0.3, -0.25) is 4.79 Å². The van der Waals surface area contributed by atoms with Gasteiger partial charge in [-0.1, -0.05) is 6.92 Å². The highest BCUT2D eigenvalue weighted by Gasteiger charge is 2.10. The number of carbonyl (C=O) groups is 1. The molecule has 4 heteroatoms. The van der Waals surface area contributed by atoms with Crippen molar-refractivity contribution in [2.45, 2.75) is 32.4 Å². The molecule has 1 unspecified atom stereocenters. The smallest absolute Gasteiger partial charge is 0.233 e. The van der Waals surface area contributed by atoms with Crippen LogP contribution in [0, 0.1) is 11.3 Å². The minimum Gasteiger partial charge on any atom is -0.355 e. The molecule has 0 aromatic carbocycles. The summed E-state index contributed by atoms with van der Waals surface area (Å²) in [5, 5.41) is 12.9. The summed E-state index contributed by atoms with van der Waals surface area (Å²) in [4.78, 5) is 11.4.